The van der Waals surface area contributed by atoms with Gasteiger partial charge in [-0.1, -0.05) is 42.5 Å². The summed E-state index contributed by atoms with van der Waals surface area (Å²) in [5, 5.41) is 14.1. The van der Waals surface area contributed by atoms with Crippen LogP contribution in [0.15, 0.2) is 66.2 Å². The molecule has 0 atom stereocenters. The van der Waals surface area contributed by atoms with Crippen LogP contribution in [0.25, 0.3) is 11.6 Å². The zero-order valence-corrected chi connectivity index (χ0v) is 13.5. The van der Waals surface area contributed by atoms with Gasteiger partial charge >= 0.3 is 0 Å². The van der Waals surface area contributed by atoms with E-state index < -0.39 is 0 Å². The molecule has 0 unspecified atom stereocenters. The third kappa shape index (κ3) is 3.75. The molecule has 4 nitrogen and oxygen atoms in total. The summed E-state index contributed by atoms with van der Waals surface area (Å²) < 4.78 is 0. The number of hydrogen-bond acceptors (Lipinski definition) is 4. The maximum Gasteiger partial charge on any atom is 0.258 e. The van der Waals surface area contributed by atoms with Crippen molar-refractivity contribution in [3.05, 3.63) is 82.9 Å². The molecular weight excluding hydrogens is 318 g/mol. The fourth-order valence-corrected chi connectivity index (χ4v) is 2.69. The van der Waals surface area contributed by atoms with Gasteiger partial charge in [0.2, 0.25) is 0 Å². The van der Waals surface area contributed by atoms with Gasteiger partial charge in [-0.2, -0.15) is 5.26 Å². The predicted octanol–water partition coefficient (Wildman–Crippen LogP) is 4.19. The quantitative estimate of drug-likeness (QED) is 0.576. The van der Waals surface area contributed by atoms with Gasteiger partial charge in [0.05, 0.1) is 11.6 Å². The molecule has 0 bridgehead atoms. The normalized spacial score (nSPS) is 10.9. The monoisotopic (exact) mass is 331 g/mol. The molecular formula is C19H13N3OS. The van der Waals surface area contributed by atoms with Gasteiger partial charge in [0.15, 0.2) is 5.13 Å². The van der Waals surface area contributed by atoms with E-state index in [2.05, 4.69) is 16.4 Å². The number of amides is 1. The van der Waals surface area contributed by atoms with E-state index in [1.54, 1.807) is 35.8 Å². The van der Waals surface area contributed by atoms with E-state index in [1.165, 1.54) is 11.3 Å². The lowest BCUT2D eigenvalue weighted by atomic mass is 10.0. The van der Waals surface area contributed by atoms with Crippen LogP contribution in [0.4, 0.5) is 5.13 Å². The Morgan fingerprint density at radius 3 is 2.50 bits per heavy atom. The average molecular weight is 331 g/mol. The highest BCUT2D eigenvalue weighted by molar-refractivity contribution is 7.13. The van der Waals surface area contributed by atoms with E-state index in [-0.39, 0.29) is 5.91 Å². The molecule has 3 rings (SSSR count). The largest absolute Gasteiger partial charge is 0.298 e. The number of aromatic nitrogens is 1. The molecule has 0 aliphatic rings. The molecule has 0 spiro atoms. The van der Waals surface area contributed by atoms with Crippen molar-refractivity contribution in [3.63, 3.8) is 0 Å². The van der Waals surface area contributed by atoms with Crippen molar-refractivity contribution in [2.24, 2.45) is 0 Å². The highest BCUT2D eigenvalue weighted by Crippen LogP contribution is 2.22. The number of carbonyl (C=O) groups excluding carboxylic acids is 1. The molecule has 0 aliphatic carbocycles. The number of rotatable bonds is 4. The lowest BCUT2D eigenvalue weighted by Gasteiger charge is -2.08. The lowest BCUT2D eigenvalue weighted by Crippen LogP contribution is -2.13. The highest BCUT2D eigenvalue weighted by atomic mass is 32.1. The Balaban J connectivity index is 1.98. The predicted molar refractivity (Wildman–Crippen MR) is 96.2 cm³/mol. The standard InChI is InChI=1S/C19H13N3OS/c20-13-15-6-8-16(9-7-15)17(12-14-4-2-1-3-5-14)18(23)22-19-21-10-11-24-19/h1-12H,(H,21,22,23)/b17-12-. The minimum absolute atomic E-state index is 0.237. The van der Waals surface area contributed by atoms with Crippen LogP contribution in [-0.2, 0) is 4.79 Å². The Morgan fingerprint density at radius 1 is 1.12 bits per heavy atom. The molecule has 1 aromatic heterocycles. The van der Waals surface area contributed by atoms with Gasteiger partial charge in [-0.15, -0.1) is 11.3 Å². The molecule has 0 aliphatic heterocycles. The molecule has 1 N–H and O–H groups in total. The molecule has 0 fully saturated rings. The first kappa shape index (κ1) is 15.7. The van der Waals surface area contributed by atoms with Crippen molar-refractivity contribution < 1.29 is 4.79 Å². The summed E-state index contributed by atoms with van der Waals surface area (Å²) in [5.74, 6) is -0.237. The lowest BCUT2D eigenvalue weighted by molar-refractivity contribution is -0.111. The Morgan fingerprint density at radius 2 is 1.88 bits per heavy atom. The van der Waals surface area contributed by atoms with E-state index in [4.69, 9.17) is 5.26 Å². The number of benzene rings is 2. The second kappa shape index (κ2) is 7.36. The Kier molecular flexibility index (Phi) is 4.80. The third-order valence-electron chi connectivity index (χ3n) is 3.33. The molecule has 1 amide bonds. The smallest absolute Gasteiger partial charge is 0.258 e. The summed E-state index contributed by atoms with van der Waals surface area (Å²) in [4.78, 5) is 16.8. The zero-order valence-electron chi connectivity index (χ0n) is 12.6. The Labute approximate surface area is 143 Å². The second-order valence-electron chi connectivity index (χ2n) is 4.95. The fraction of sp³-hybridized carbons (Fsp3) is 0. The number of nitrogens with zero attached hydrogens (tertiary/aromatic N) is 2. The molecule has 0 saturated carbocycles. The van der Waals surface area contributed by atoms with Crippen molar-refractivity contribution in [1.82, 2.24) is 4.98 Å². The molecule has 2 aromatic carbocycles. The number of thiazole rings is 1. The topological polar surface area (TPSA) is 65.8 Å². The Hall–Kier alpha value is -3.23. The number of carbonyl (C=O) groups is 1. The van der Waals surface area contributed by atoms with Crippen LogP contribution >= 0.6 is 11.3 Å². The minimum atomic E-state index is -0.237. The van der Waals surface area contributed by atoms with Gasteiger partial charge in [0.1, 0.15) is 0 Å². The van der Waals surface area contributed by atoms with Gasteiger partial charge in [0, 0.05) is 17.2 Å². The van der Waals surface area contributed by atoms with Crippen molar-refractivity contribution in [3.8, 4) is 6.07 Å². The highest BCUT2D eigenvalue weighted by Gasteiger charge is 2.13. The van der Waals surface area contributed by atoms with Gasteiger partial charge in [-0.3, -0.25) is 10.1 Å². The zero-order chi connectivity index (χ0) is 16.8. The summed E-state index contributed by atoms with van der Waals surface area (Å²) in [5.41, 5.74) is 2.73. The Bertz CT molecular complexity index is 892. The maximum atomic E-state index is 12.7. The van der Waals surface area contributed by atoms with Crippen molar-refractivity contribution in [1.29, 1.82) is 5.26 Å². The van der Waals surface area contributed by atoms with E-state index >= 15 is 0 Å². The maximum absolute atomic E-state index is 12.7. The van der Waals surface area contributed by atoms with Crippen LogP contribution in [0.3, 0.4) is 0 Å². The average Bonchev–Trinajstić information content (AvgIpc) is 3.13. The summed E-state index contributed by atoms with van der Waals surface area (Å²) in [6, 6.07) is 18.6. The minimum Gasteiger partial charge on any atom is -0.298 e. The van der Waals surface area contributed by atoms with Crippen LogP contribution < -0.4 is 5.32 Å². The van der Waals surface area contributed by atoms with Gasteiger partial charge in [0.25, 0.3) is 5.91 Å². The van der Waals surface area contributed by atoms with E-state index in [1.807, 2.05) is 36.4 Å². The van der Waals surface area contributed by atoms with E-state index in [0.29, 0.717) is 16.3 Å². The van der Waals surface area contributed by atoms with Crippen molar-refractivity contribution >= 4 is 34.0 Å². The molecule has 5 heteroatoms. The van der Waals surface area contributed by atoms with Gasteiger partial charge in [-0.05, 0) is 29.3 Å². The summed E-state index contributed by atoms with van der Waals surface area (Å²) in [6.45, 7) is 0. The summed E-state index contributed by atoms with van der Waals surface area (Å²) >= 11 is 1.36. The first-order valence-corrected chi connectivity index (χ1v) is 8.12. The third-order valence-corrected chi connectivity index (χ3v) is 4.02. The number of anilines is 1. The van der Waals surface area contributed by atoms with E-state index in [9.17, 15) is 4.79 Å². The number of nitriles is 1. The number of hydrogen-bond donors (Lipinski definition) is 1. The van der Waals surface area contributed by atoms with Crippen molar-refractivity contribution in [2.45, 2.75) is 0 Å². The summed E-state index contributed by atoms with van der Waals surface area (Å²) in [7, 11) is 0. The van der Waals surface area contributed by atoms with Crippen LogP contribution in [0.5, 0.6) is 0 Å². The molecule has 0 saturated heterocycles. The molecule has 3 aromatic rings. The first-order valence-electron chi connectivity index (χ1n) is 7.24. The van der Waals surface area contributed by atoms with Crippen LogP contribution in [0, 0.1) is 11.3 Å². The van der Waals surface area contributed by atoms with Crippen molar-refractivity contribution in [2.75, 3.05) is 5.32 Å². The summed E-state index contributed by atoms with van der Waals surface area (Å²) in [6.07, 6.45) is 3.47. The van der Waals surface area contributed by atoms with E-state index in [0.717, 1.165) is 11.1 Å². The molecule has 24 heavy (non-hydrogen) atoms. The van der Waals surface area contributed by atoms with Crippen LogP contribution in [0.2, 0.25) is 0 Å². The molecule has 116 valence electrons. The molecule has 0 radical (unpaired) electrons. The fourth-order valence-electron chi connectivity index (χ4n) is 2.17. The second-order valence-corrected chi connectivity index (χ2v) is 5.84. The first-order chi connectivity index (χ1) is 11.8. The van der Waals surface area contributed by atoms with Gasteiger partial charge < -0.3 is 0 Å². The van der Waals surface area contributed by atoms with Gasteiger partial charge in [-0.25, -0.2) is 4.98 Å². The SMILES string of the molecule is N#Cc1ccc(/C(=C/c2ccccc2)C(=O)Nc2nccs2)cc1. The van der Waals surface area contributed by atoms with Crippen LogP contribution in [-0.4, -0.2) is 10.9 Å². The molecule has 1 heterocycles. The van der Waals surface area contributed by atoms with Crippen LogP contribution in [0.1, 0.15) is 16.7 Å². The number of nitrogens with one attached hydrogen (secondary N) is 1.